The number of nitriles is 1. The van der Waals surface area contributed by atoms with Crippen molar-refractivity contribution in [3.05, 3.63) is 161 Å². The molecule has 3 aliphatic rings. The summed E-state index contributed by atoms with van der Waals surface area (Å²) in [5.41, 5.74) is 15.6. The summed E-state index contributed by atoms with van der Waals surface area (Å²) in [7, 11) is 0. The molecule has 1 heterocycles. The van der Waals surface area contributed by atoms with Gasteiger partial charge in [-0.25, -0.2) is 0 Å². The lowest BCUT2D eigenvalue weighted by Crippen LogP contribution is -2.25. The highest BCUT2D eigenvalue weighted by molar-refractivity contribution is 5.95. The molecule has 0 aromatic heterocycles. The van der Waals surface area contributed by atoms with Crippen LogP contribution in [0.25, 0.3) is 39.0 Å². The fourth-order valence-corrected chi connectivity index (χ4v) is 6.94. The lowest BCUT2D eigenvalue weighted by Gasteiger charge is -2.30. The highest BCUT2D eigenvalue weighted by Gasteiger charge is 2.51. The smallest absolute Gasteiger partial charge is 0.117 e. The Bertz CT molecular complexity index is 1850. The van der Waals surface area contributed by atoms with Gasteiger partial charge in [-0.15, -0.1) is 0 Å². The van der Waals surface area contributed by atoms with E-state index in [2.05, 4.69) is 133 Å². The fourth-order valence-electron chi connectivity index (χ4n) is 6.94. The monoisotopic (exact) mass is 496 g/mol. The standard InChI is InChI=1S/C37H24N2/c38-23-28-21-27(19-20-39-28)25-15-13-24(14-16-25)26-17-18-32-31-9-3-6-12-35(31)37(36(32)22-26)33-10-4-1-7-29(33)30-8-2-5-11-34(30)37/h1-19,21-22,39H,20H2. The summed E-state index contributed by atoms with van der Waals surface area (Å²) in [5, 5.41) is 12.4. The maximum Gasteiger partial charge on any atom is 0.117 e. The van der Waals surface area contributed by atoms with Crippen molar-refractivity contribution in [2.45, 2.75) is 5.41 Å². The molecule has 2 nitrogen and oxygen atoms in total. The molecule has 0 atom stereocenters. The van der Waals surface area contributed by atoms with Gasteiger partial charge in [-0.1, -0.05) is 115 Å². The van der Waals surface area contributed by atoms with Crippen molar-refractivity contribution in [2.75, 3.05) is 6.54 Å². The summed E-state index contributed by atoms with van der Waals surface area (Å²) in [5.74, 6) is 0. The first-order chi connectivity index (χ1) is 19.3. The minimum absolute atomic E-state index is 0.326. The quantitative estimate of drug-likeness (QED) is 0.263. The Morgan fingerprint density at radius 3 is 1.67 bits per heavy atom. The molecule has 0 fully saturated rings. The van der Waals surface area contributed by atoms with E-state index in [1.165, 1.54) is 55.6 Å². The Morgan fingerprint density at radius 2 is 1.08 bits per heavy atom. The van der Waals surface area contributed by atoms with Crippen LogP contribution in [0, 0.1) is 11.3 Å². The van der Waals surface area contributed by atoms with Gasteiger partial charge in [-0.3, -0.25) is 0 Å². The van der Waals surface area contributed by atoms with E-state index in [1.807, 2.05) is 6.08 Å². The Hall–Kier alpha value is -5.13. The molecule has 0 amide bonds. The van der Waals surface area contributed by atoms with E-state index < -0.39 is 0 Å². The molecule has 8 rings (SSSR count). The van der Waals surface area contributed by atoms with Crippen LogP contribution in [0.15, 0.2) is 133 Å². The van der Waals surface area contributed by atoms with E-state index in [1.54, 1.807) is 0 Å². The number of rotatable bonds is 2. The van der Waals surface area contributed by atoms with Crippen molar-refractivity contribution >= 4 is 5.57 Å². The average Bonchev–Trinajstić information content (AvgIpc) is 3.48. The van der Waals surface area contributed by atoms with Crippen molar-refractivity contribution in [1.82, 2.24) is 5.32 Å². The molecular formula is C37H24N2. The second kappa shape index (κ2) is 8.18. The second-order valence-electron chi connectivity index (χ2n) is 10.4. The number of allylic oxidation sites excluding steroid dienone is 3. The minimum Gasteiger partial charge on any atom is -0.373 e. The second-order valence-corrected chi connectivity index (χ2v) is 10.4. The van der Waals surface area contributed by atoms with Gasteiger partial charge in [0.15, 0.2) is 0 Å². The zero-order valence-corrected chi connectivity index (χ0v) is 21.3. The molecule has 5 aromatic rings. The lowest BCUT2D eigenvalue weighted by atomic mass is 9.70. The number of nitrogens with zero attached hydrogens (tertiary/aromatic N) is 1. The number of fused-ring (bicyclic) bond motifs is 10. The summed E-state index contributed by atoms with van der Waals surface area (Å²) < 4.78 is 0. The van der Waals surface area contributed by atoms with Crippen LogP contribution >= 0.6 is 0 Å². The molecule has 2 heteroatoms. The summed E-state index contributed by atoms with van der Waals surface area (Å²) in [6.45, 7) is 0.674. The molecule has 2 aliphatic carbocycles. The van der Waals surface area contributed by atoms with Crippen LogP contribution in [-0.2, 0) is 5.41 Å². The van der Waals surface area contributed by atoms with E-state index >= 15 is 0 Å². The third-order valence-corrected chi connectivity index (χ3v) is 8.58. The third kappa shape index (κ3) is 2.96. The van der Waals surface area contributed by atoms with Crippen molar-refractivity contribution in [3.63, 3.8) is 0 Å². The van der Waals surface area contributed by atoms with Gasteiger partial charge in [0, 0.05) is 6.54 Å². The van der Waals surface area contributed by atoms with Crippen molar-refractivity contribution in [1.29, 1.82) is 5.26 Å². The summed E-state index contributed by atoms with van der Waals surface area (Å²) >= 11 is 0. The number of hydrogen-bond donors (Lipinski definition) is 1. The van der Waals surface area contributed by atoms with E-state index in [9.17, 15) is 5.26 Å². The van der Waals surface area contributed by atoms with Gasteiger partial charge in [-0.05, 0) is 78.9 Å². The van der Waals surface area contributed by atoms with E-state index in [-0.39, 0.29) is 5.41 Å². The lowest BCUT2D eigenvalue weighted by molar-refractivity contribution is 0.794. The van der Waals surface area contributed by atoms with Crippen LogP contribution in [0.2, 0.25) is 0 Å². The minimum atomic E-state index is -0.326. The zero-order valence-electron chi connectivity index (χ0n) is 21.3. The Morgan fingerprint density at radius 1 is 0.564 bits per heavy atom. The molecular weight excluding hydrogens is 472 g/mol. The van der Waals surface area contributed by atoms with Crippen molar-refractivity contribution < 1.29 is 0 Å². The maximum absolute atomic E-state index is 9.29. The van der Waals surface area contributed by atoms with Crippen LogP contribution < -0.4 is 5.32 Å². The number of hydrogen-bond acceptors (Lipinski definition) is 2. The maximum atomic E-state index is 9.29. The van der Waals surface area contributed by atoms with E-state index in [0.717, 1.165) is 11.1 Å². The van der Waals surface area contributed by atoms with Gasteiger partial charge in [0.2, 0.25) is 0 Å². The first-order valence-electron chi connectivity index (χ1n) is 13.4. The van der Waals surface area contributed by atoms with Gasteiger partial charge in [0.25, 0.3) is 0 Å². The van der Waals surface area contributed by atoms with Crippen LogP contribution in [0.1, 0.15) is 27.8 Å². The van der Waals surface area contributed by atoms with Gasteiger partial charge >= 0.3 is 0 Å². The third-order valence-electron chi connectivity index (χ3n) is 8.58. The fraction of sp³-hybridized carbons (Fsp3) is 0.0541. The Balaban J connectivity index is 1.32. The van der Waals surface area contributed by atoms with E-state index in [4.69, 9.17) is 0 Å². The molecule has 182 valence electrons. The molecule has 39 heavy (non-hydrogen) atoms. The topological polar surface area (TPSA) is 35.8 Å². The Kier molecular flexibility index (Phi) is 4.60. The SMILES string of the molecule is N#CC1=CC(c2ccc(-c3ccc4c(c3)C3(c5ccccc5-c5ccccc53)c3ccccc3-4)cc2)=CCN1. The molecule has 0 unspecified atom stereocenters. The molecule has 0 saturated heterocycles. The first kappa shape index (κ1) is 21.9. The van der Waals surface area contributed by atoms with Gasteiger partial charge in [-0.2, -0.15) is 5.26 Å². The number of dihydropyridines is 1. The van der Waals surface area contributed by atoms with Gasteiger partial charge < -0.3 is 5.32 Å². The normalized spacial score (nSPS) is 15.3. The highest BCUT2D eigenvalue weighted by Crippen LogP contribution is 2.62. The number of benzene rings is 5. The molecule has 0 saturated carbocycles. The predicted octanol–water partition coefficient (Wildman–Crippen LogP) is 8.09. The van der Waals surface area contributed by atoms with Crippen LogP contribution in [0.3, 0.4) is 0 Å². The highest BCUT2D eigenvalue weighted by atomic mass is 14.9. The molecule has 0 radical (unpaired) electrons. The van der Waals surface area contributed by atoms with Crippen LogP contribution in [-0.4, -0.2) is 6.54 Å². The van der Waals surface area contributed by atoms with Crippen LogP contribution in [0.5, 0.6) is 0 Å². The molecule has 1 spiro atoms. The summed E-state index contributed by atoms with van der Waals surface area (Å²) in [6, 6.07) is 44.7. The Labute approximate surface area is 228 Å². The molecule has 1 N–H and O–H groups in total. The van der Waals surface area contributed by atoms with Gasteiger partial charge in [0.1, 0.15) is 11.8 Å². The summed E-state index contributed by atoms with van der Waals surface area (Å²) in [6.07, 6.45) is 4.05. The average molecular weight is 497 g/mol. The summed E-state index contributed by atoms with van der Waals surface area (Å²) in [4.78, 5) is 0. The van der Waals surface area contributed by atoms with Crippen molar-refractivity contribution in [3.8, 4) is 39.4 Å². The van der Waals surface area contributed by atoms with Gasteiger partial charge in [0.05, 0.1) is 5.41 Å². The van der Waals surface area contributed by atoms with Crippen molar-refractivity contribution in [2.24, 2.45) is 0 Å². The molecule has 1 aliphatic heterocycles. The van der Waals surface area contributed by atoms with Crippen LogP contribution in [0.4, 0.5) is 0 Å². The number of nitrogens with one attached hydrogen (secondary N) is 1. The van der Waals surface area contributed by atoms with E-state index in [0.29, 0.717) is 12.2 Å². The first-order valence-corrected chi connectivity index (χ1v) is 13.4. The predicted molar refractivity (Wildman–Crippen MR) is 158 cm³/mol. The molecule has 0 bridgehead atoms. The zero-order chi connectivity index (χ0) is 26.0. The molecule has 5 aromatic carbocycles. The largest absolute Gasteiger partial charge is 0.373 e.